The molecule has 0 bridgehead atoms. The van der Waals surface area contributed by atoms with Gasteiger partial charge in [-0.15, -0.1) is 0 Å². The Morgan fingerprint density at radius 1 is 1.20 bits per heavy atom. The third kappa shape index (κ3) is 6.33. The van der Waals surface area contributed by atoms with Crippen LogP contribution in [0.2, 0.25) is 0 Å². The maximum Gasteiger partial charge on any atom is 0.390 e. The van der Waals surface area contributed by atoms with Gasteiger partial charge in [0.15, 0.2) is 0 Å². The quantitative estimate of drug-likeness (QED) is 0.821. The summed E-state index contributed by atoms with van der Waals surface area (Å²) < 4.78 is 73.5. The lowest BCUT2D eigenvalue weighted by atomic mass is 10.0. The Morgan fingerprint density at radius 2 is 1.75 bits per heavy atom. The van der Waals surface area contributed by atoms with E-state index in [1.54, 1.807) is 6.92 Å². The normalized spacial score (nSPS) is 14.2. The minimum absolute atomic E-state index is 0.0359. The molecule has 0 radical (unpaired) electrons. The molecule has 0 saturated carbocycles. The molecule has 0 aromatic heterocycles. The second-order valence-electron chi connectivity index (χ2n) is 4.49. The molecule has 0 saturated heterocycles. The van der Waals surface area contributed by atoms with Crippen molar-refractivity contribution in [2.75, 3.05) is 12.3 Å². The lowest BCUT2D eigenvalue weighted by Gasteiger charge is -2.14. The van der Waals surface area contributed by atoms with E-state index in [0.29, 0.717) is 5.56 Å². The highest BCUT2D eigenvalue weighted by Gasteiger charge is 2.29. The molecule has 20 heavy (non-hydrogen) atoms. The molecule has 0 unspecified atom stereocenters. The van der Waals surface area contributed by atoms with Crippen LogP contribution in [0.4, 0.5) is 17.6 Å². The molecule has 3 nitrogen and oxygen atoms in total. The summed E-state index contributed by atoms with van der Waals surface area (Å²) in [5, 5.41) is 0. The fourth-order valence-corrected chi connectivity index (χ4v) is 2.63. The molecule has 1 N–H and O–H groups in total. The van der Waals surface area contributed by atoms with Crippen molar-refractivity contribution in [1.29, 1.82) is 0 Å². The minimum Gasteiger partial charge on any atom is -0.215 e. The zero-order valence-corrected chi connectivity index (χ0v) is 11.6. The molecule has 0 amide bonds. The average Bonchev–Trinajstić information content (AvgIpc) is 2.34. The first-order chi connectivity index (χ1) is 9.09. The Balaban J connectivity index is 2.51. The Kier molecular flexibility index (Phi) is 5.52. The lowest BCUT2D eigenvalue weighted by molar-refractivity contribution is -0.129. The van der Waals surface area contributed by atoms with Crippen molar-refractivity contribution < 1.29 is 26.0 Å². The third-order valence-corrected chi connectivity index (χ3v) is 4.05. The van der Waals surface area contributed by atoms with Crippen LogP contribution in [0.3, 0.4) is 0 Å². The van der Waals surface area contributed by atoms with Gasteiger partial charge in [-0.1, -0.05) is 19.1 Å². The molecule has 1 aromatic rings. The monoisotopic (exact) mass is 313 g/mol. The van der Waals surface area contributed by atoms with Gasteiger partial charge in [0, 0.05) is 6.54 Å². The van der Waals surface area contributed by atoms with E-state index >= 15 is 0 Å². The summed E-state index contributed by atoms with van der Waals surface area (Å²) in [6, 6.07) is 5.49. The molecule has 0 aliphatic carbocycles. The minimum atomic E-state index is -4.50. The smallest absolute Gasteiger partial charge is 0.215 e. The largest absolute Gasteiger partial charge is 0.390 e. The summed E-state index contributed by atoms with van der Waals surface area (Å²) >= 11 is 0. The van der Waals surface area contributed by atoms with Crippen molar-refractivity contribution in [2.24, 2.45) is 0 Å². The van der Waals surface area contributed by atoms with Crippen LogP contribution >= 0.6 is 0 Å². The van der Waals surface area contributed by atoms with Crippen molar-refractivity contribution in [3.05, 3.63) is 35.6 Å². The topological polar surface area (TPSA) is 46.2 Å². The molecule has 0 fully saturated rings. The van der Waals surface area contributed by atoms with E-state index in [-0.39, 0.29) is 12.5 Å². The number of alkyl halides is 3. The molecule has 0 heterocycles. The van der Waals surface area contributed by atoms with Gasteiger partial charge in [0.25, 0.3) is 0 Å². The van der Waals surface area contributed by atoms with Gasteiger partial charge in [-0.2, -0.15) is 13.2 Å². The van der Waals surface area contributed by atoms with E-state index in [1.807, 2.05) is 0 Å². The van der Waals surface area contributed by atoms with Crippen LogP contribution in [0, 0.1) is 5.82 Å². The van der Waals surface area contributed by atoms with Gasteiger partial charge >= 0.3 is 6.18 Å². The first kappa shape index (κ1) is 16.9. The molecule has 1 aromatic carbocycles. The maximum absolute atomic E-state index is 12.7. The third-order valence-electron chi connectivity index (χ3n) is 2.70. The van der Waals surface area contributed by atoms with Gasteiger partial charge in [0.2, 0.25) is 10.0 Å². The Hall–Kier alpha value is -1.15. The summed E-state index contributed by atoms with van der Waals surface area (Å²) in [5.41, 5.74) is 0.699. The van der Waals surface area contributed by atoms with Crippen molar-refractivity contribution in [1.82, 2.24) is 4.72 Å². The molecule has 1 atom stereocenters. The van der Waals surface area contributed by atoms with E-state index < -0.39 is 34.2 Å². The van der Waals surface area contributed by atoms with E-state index in [9.17, 15) is 26.0 Å². The number of hydrogen-bond donors (Lipinski definition) is 1. The number of sulfonamides is 1. The first-order valence-corrected chi connectivity index (χ1v) is 7.54. The molecule has 0 aliphatic heterocycles. The molecule has 114 valence electrons. The Morgan fingerprint density at radius 3 is 2.25 bits per heavy atom. The summed E-state index contributed by atoms with van der Waals surface area (Å²) in [5.74, 6) is -1.67. The highest BCUT2D eigenvalue weighted by molar-refractivity contribution is 7.89. The number of nitrogens with one attached hydrogen (secondary N) is 1. The van der Waals surface area contributed by atoms with Crippen molar-refractivity contribution >= 4 is 10.0 Å². The van der Waals surface area contributed by atoms with E-state index in [0.717, 1.165) is 0 Å². The van der Waals surface area contributed by atoms with Gasteiger partial charge in [0.1, 0.15) is 5.82 Å². The highest BCUT2D eigenvalue weighted by atomic mass is 32.2. The molecular formula is C12H15F4NO2S. The first-order valence-electron chi connectivity index (χ1n) is 5.88. The summed E-state index contributed by atoms with van der Waals surface area (Å²) in [7, 11) is -3.97. The number of halogens is 4. The predicted octanol–water partition coefficient (Wildman–Crippen LogP) is 2.80. The number of benzene rings is 1. The van der Waals surface area contributed by atoms with Gasteiger partial charge in [-0.05, 0) is 23.6 Å². The van der Waals surface area contributed by atoms with E-state index in [4.69, 9.17) is 0 Å². The molecule has 8 heteroatoms. The summed E-state index contributed by atoms with van der Waals surface area (Å²) in [6.45, 7) is 1.66. The molecule has 0 aliphatic rings. The van der Waals surface area contributed by atoms with Crippen LogP contribution < -0.4 is 4.72 Å². The van der Waals surface area contributed by atoms with Gasteiger partial charge in [0.05, 0.1) is 12.2 Å². The van der Waals surface area contributed by atoms with Gasteiger partial charge in [-0.25, -0.2) is 17.5 Å². The molecule has 1 rings (SSSR count). The zero-order valence-electron chi connectivity index (χ0n) is 10.7. The van der Waals surface area contributed by atoms with Crippen LogP contribution in [0.25, 0.3) is 0 Å². The molecular weight excluding hydrogens is 298 g/mol. The number of hydrogen-bond acceptors (Lipinski definition) is 2. The van der Waals surface area contributed by atoms with Crippen LogP contribution in [-0.2, 0) is 10.0 Å². The highest BCUT2D eigenvalue weighted by Crippen LogP contribution is 2.20. The van der Waals surface area contributed by atoms with Crippen LogP contribution in [0.15, 0.2) is 24.3 Å². The van der Waals surface area contributed by atoms with Crippen LogP contribution in [0.1, 0.15) is 24.8 Å². The van der Waals surface area contributed by atoms with Crippen LogP contribution in [-0.4, -0.2) is 26.9 Å². The second-order valence-corrected chi connectivity index (χ2v) is 6.41. The van der Waals surface area contributed by atoms with Crippen molar-refractivity contribution in [3.63, 3.8) is 0 Å². The standard InChI is InChI=1S/C12H15F4NO2S/c1-9(10-2-4-11(13)5-3-10)8-17-20(18,19)7-6-12(14,15)16/h2-5,9,17H,6-8H2,1H3/t9-/m1/s1. The summed E-state index contributed by atoms with van der Waals surface area (Å²) in [6.07, 6.45) is -5.88. The zero-order chi connectivity index (χ0) is 15.4. The van der Waals surface area contributed by atoms with Crippen molar-refractivity contribution in [3.8, 4) is 0 Å². The number of rotatable bonds is 6. The van der Waals surface area contributed by atoms with Crippen LogP contribution in [0.5, 0.6) is 0 Å². The van der Waals surface area contributed by atoms with Crippen molar-refractivity contribution in [2.45, 2.75) is 25.4 Å². The predicted molar refractivity (Wildman–Crippen MR) is 67.3 cm³/mol. The fourth-order valence-electron chi connectivity index (χ4n) is 1.48. The average molecular weight is 313 g/mol. The Bertz CT molecular complexity index is 525. The summed E-state index contributed by atoms with van der Waals surface area (Å²) in [4.78, 5) is 0. The van der Waals surface area contributed by atoms with Gasteiger partial charge in [-0.3, -0.25) is 0 Å². The Labute approximate surface area is 115 Å². The van der Waals surface area contributed by atoms with E-state index in [1.165, 1.54) is 24.3 Å². The SMILES string of the molecule is C[C@H](CNS(=O)(=O)CCC(F)(F)F)c1ccc(F)cc1. The fraction of sp³-hybridized carbons (Fsp3) is 0.500. The lowest BCUT2D eigenvalue weighted by Crippen LogP contribution is -2.31. The van der Waals surface area contributed by atoms with E-state index in [2.05, 4.69) is 4.72 Å². The second kappa shape index (κ2) is 6.53. The molecule has 0 spiro atoms. The van der Waals surface area contributed by atoms with Gasteiger partial charge < -0.3 is 0 Å². The maximum atomic E-state index is 12.7.